The minimum absolute atomic E-state index is 0.0268. The number of hydrogen-bond donors (Lipinski definition) is 3. The van der Waals surface area contributed by atoms with Gasteiger partial charge in [-0.1, -0.05) is 36.4 Å². The molecule has 0 aromatic heterocycles. The molecule has 0 atom stereocenters. The molecule has 3 N–H and O–H groups in total. The Bertz CT molecular complexity index is 1300. The molecule has 35 heavy (non-hydrogen) atoms. The summed E-state index contributed by atoms with van der Waals surface area (Å²) in [6, 6.07) is 22.0. The predicted molar refractivity (Wildman–Crippen MR) is 136 cm³/mol. The molecule has 3 amide bonds. The first kappa shape index (κ1) is 24.3. The zero-order valence-electron chi connectivity index (χ0n) is 19.4. The zero-order valence-corrected chi connectivity index (χ0v) is 20.2. The van der Waals surface area contributed by atoms with E-state index in [1.807, 2.05) is 43.3 Å². The number of para-hydroxylation sites is 1. The number of carbonyl (C=O) groups excluding carboxylic acids is 2. The molecule has 0 bridgehead atoms. The average Bonchev–Trinajstić information content (AvgIpc) is 2.84. The van der Waals surface area contributed by atoms with Gasteiger partial charge in [0.1, 0.15) is 0 Å². The number of hydrogen-bond acceptors (Lipinski definition) is 4. The molecule has 1 aliphatic heterocycles. The molecule has 0 saturated carbocycles. The molecule has 1 aliphatic rings. The third-order valence-corrected chi connectivity index (χ3v) is 7.19. The van der Waals surface area contributed by atoms with E-state index in [9.17, 15) is 18.0 Å². The standard InChI is InChI=1S/C26H28N4O4S/c1-19-7-5-11-23(17-19)29-35(33,34)24-12-6-8-20(18-24)25(31)30-15-13-22(14-16-30)28-26(32)27-21-9-3-2-4-10-21/h2-12,17-18,22,29H,13-16H2,1H3,(H2,27,28,32). The lowest BCUT2D eigenvalue weighted by Gasteiger charge is -2.32. The number of anilines is 2. The number of likely N-dealkylation sites (tertiary alicyclic amines) is 1. The van der Waals surface area contributed by atoms with Gasteiger partial charge in [-0.05, 0) is 67.8 Å². The van der Waals surface area contributed by atoms with E-state index >= 15 is 0 Å². The highest BCUT2D eigenvalue weighted by molar-refractivity contribution is 7.92. The number of rotatable bonds is 6. The van der Waals surface area contributed by atoms with Crippen LogP contribution in [-0.2, 0) is 10.0 Å². The molecule has 1 fully saturated rings. The van der Waals surface area contributed by atoms with Gasteiger partial charge < -0.3 is 15.5 Å². The first-order valence-electron chi connectivity index (χ1n) is 11.4. The van der Waals surface area contributed by atoms with Crippen LogP contribution in [0.5, 0.6) is 0 Å². The molecule has 3 aromatic carbocycles. The maximum atomic E-state index is 13.1. The van der Waals surface area contributed by atoms with E-state index in [0.717, 1.165) is 5.56 Å². The summed E-state index contributed by atoms with van der Waals surface area (Å²) in [6.45, 7) is 2.81. The van der Waals surface area contributed by atoms with E-state index in [1.165, 1.54) is 12.1 Å². The van der Waals surface area contributed by atoms with Crippen molar-refractivity contribution < 1.29 is 18.0 Å². The first-order chi connectivity index (χ1) is 16.8. The quantitative estimate of drug-likeness (QED) is 0.479. The van der Waals surface area contributed by atoms with Gasteiger partial charge in [-0.25, -0.2) is 13.2 Å². The molecule has 182 valence electrons. The van der Waals surface area contributed by atoms with E-state index in [0.29, 0.717) is 42.9 Å². The van der Waals surface area contributed by atoms with E-state index in [-0.39, 0.29) is 22.9 Å². The number of piperidine rings is 1. The number of urea groups is 1. The van der Waals surface area contributed by atoms with Gasteiger partial charge in [0.05, 0.1) is 4.90 Å². The summed E-state index contributed by atoms with van der Waals surface area (Å²) >= 11 is 0. The minimum atomic E-state index is -3.84. The van der Waals surface area contributed by atoms with Gasteiger partial charge in [0, 0.05) is 36.1 Å². The SMILES string of the molecule is Cc1cccc(NS(=O)(=O)c2cccc(C(=O)N3CCC(NC(=O)Nc4ccccc4)CC3)c2)c1. The van der Waals surface area contributed by atoms with Crippen LogP contribution in [0.3, 0.4) is 0 Å². The van der Waals surface area contributed by atoms with Gasteiger partial charge >= 0.3 is 6.03 Å². The van der Waals surface area contributed by atoms with E-state index in [2.05, 4.69) is 15.4 Å². The highest BCUT2D eigenvalue weighted by Crippen LogP contribution is 2.20. The number of nitrogens with zero attached hydrogens (tertiary/aromatic N) is 1. The Hall–Kier alpha value is -3.85. The van der Waals surface area contributed by atoms with Gasteiger partial charge in [0.15, 0.2) is 0 Å². The van der Waals surface area contributed by atoms with Crippen LogP contribution in [0, 0.1) is 6.92 Å². The lowest BCUT2D eigenvalue weighted by molar-refractivity contribution is 0.0708. The van der Waals surface area contributed by atoms with Gasteiger partial charge in [-0.2, -0.15) is 0 Å². The highest BCUT2D eigenvalue weighted by atomic mass is 32.2. The number of sulfonamides is 1. The molecular formula is C26H28N4O4S. The summed E-state index contributed by atoms with van der Waals surface area (Å²) in [5, 5.41) is 5.74. The number of aryl methyl sites for hydroxylation is 1. The smallest absolute Gasteiger partial charge is 0.319 e. The molecule has 1 heterocycles. The number of benzene rings is 3. The van der Waals surface area contributed by atoms with Crippen molar-refractivity contribution in [3.05, 3.63) is 90.0 Å². The largest absolute Gasteiger partial charge is 0.338 e. The van der Waals surface area contributed by atoms with E-state index in [4.69, 9.17) is 0 Å². The second-order valence-electron chi connectivity index (χ2n) is 8.53. The van der Waals surface area contributed by atoms with Crippen molar-refractivity contribution in [2.45, 2.75) is 30.7 Å². The van der Waals surface area contributed by atoms with Crippen molar-refractivity contribution in [2.24, 2.45) is 0 Å². The molecule has 0 aliphatic carbocycles. The maximum absolute atomic E-state index is 13.1. The predicted octanol–water partition coefficient (Wildman–Crippen LogP) is 4.22. The van der Waals surface area contributed by atoms with E-state index in [1.54, 1.807) is 35.2 Å². The van der Waals surface area contributed by atoms with Crippen LogP contribution in [0.2, 0.25) is 0 Å². The number of nitrogens with one attached hydrogen (secondary N) is 3. The Labute approximate surface area is 205 Å². The second-order valence-corrected chi connectivity index (χ2v) is 10.2. The van der Waals surface area contributed by atoms with Crippen LogP contribution in [0.15, 0.2) is 83.8 Å². The van der Waals surface area contributed by atoms with Crippen LogP contribution in [0.4, 0.5) is 16.2 Å². The Morgan fingerprint density at radius 2 is 1.54 bits per heavy atom. The Kier molecular flexibility index (Phi) is 7.36. The van der Waals surface area contributed by atoms with Crippen LogP contribution < -0.4 is 15.4 Å². The zero-order chi connectivity index (χ0) is 24.8. The second kappa shape index (κ2) is 10.6. The maximum Gasteiger partial charge on any atom is 0.319 e. The van der Waals surface area contributed by atoms with Crippen molar-refractivity contribution in [1.82, 2.24) is 10.2 Å². The molecule has 1 saturated heterocycles. The normalized spacial score (nSPS) is 14.3. The number of amides is 3. The minimum Gasteiger partial charge on any atom is -0.338 e. The summed E-state index contributed by atoms with van der Waals surface area (Å²) in [4.78, 5) is 27.0. The van der Waals surface area contributed by atoms with Gasteiger partial charge in [-0.15, -0.1) is 0 Å². The summed E-state index contributed by atoms with van der Waals surface area (Å²) in [5.41, 5.74) is 2.42. The lowest BCUT2D eigenvalue weighted by Crippen LogP contribution is -2.47. The van der Waals surface area contributed by atoms with Crippen molar-refractivity contribution in [1.29, 1.82) is 0 Å². The molecular weight excluding hydrogens is 464 g/mol. The van der Waals surface area contributed by atoms with Crippen LogP contribution in [-0.4, -0.2) is 44.4 Å². The van der Waals surface area contributed by atoms with Crippen molar-refractivity contribution in [3.8, 4) is 0 Å². The van der Waals surface area contributed by atoms with Gasteiger partial charge in [0.25, 0.3) is 15.9 Å². The molecule has 8 nitrogen and oxygen atoms in total. The summed E-state index contributed by atoms with van der Waals surface area (Å²) in [5.74, 6) is -0.232. The lowest BCUT2D eigenvalue weighted by atomic mass is 10.0. The fourth-order valence-corrected chi connectivity index (χ4v) is 5.10. The van der Waals surface area contributed by atoms with Crippen molar-refractivity contribution >= 4 is 33.3 Å². The Balaban J connectivity index is 1.34. The Morgan fingerprint density at radius 1 is 0.857 bits per heavy atom. The van der Waals surface area contributed by atoms with Crippen LogP contribution in [0.25, 0.3) is 0 Å². The summed E-state index contributed by atoms with van der Waals surface area (Å²) < 4.78 is 28.3. The summed E-state index contributed by atoms with van der Waals surface area (Å²) in [6.07, 6.45) is 1.22. The average molecular weight is 493 g/mol. The van der Waals surface area contributed by atoms with Crippen molar-refractivity contribution in [2.75, 3.05) is 23.1 Å². The molecule has 0 unspecified atom stereocenters. The van der Waals surface area contributed by atoms with Crippen LogP contribution in [0.1, 0.15) is 28.8 Å². The van der Waals surface area contributed by atoms with Gasteiger partial charge in [0.2, 0.25) is 0 Å². The third kappa shape index (κ3) is 6.39. The molecule has 4 rings (SSSR count). The fourth-order valence-electron chi connectivity index (χ4n) is 4.00. The summed E-state index contributed by atoms with van der Waals surface area (Å²) in [7, 11) is -3.84. The van der Waals surface area contributed by atoms with Crippen molar-refractivity contribution in [3.63, 3.8) is 0 Å². The topological polar surface area (TPSA) is 108 Å². The monoisotopic (exact) mass is 492 g/mol. The first-order valence-corrected chi connectivity index (χ1v) is 12.9. The molecule has 0 spiro atoms. The third-order valence-electron chi connectivity index (χ3n) is 5.81. The molecule has 0 radical (unpaired) electrons. The van der Waals surface area contributed by atoms with Gasteiger partial charge in [-0.3, -0.25) is 9.52 Å². The number of carbonyl (C=O) groups is 2. The highest BCUT2D eigenvalue weighted by Gasteiger charge is 2.25. The molecule has 3 aromatic rings. The van der Waals surface area contributed by atoms with E-state index < -0.39 is 10.0 Å². The fraction of sp³-hybridized carbons (Fsp3) is 0.231. The Morgan fingerprint density at radius 3 is 2.26 bits per heavy atom. The van der Waals surface area contributed by atoms with Crippen LogP contribution >= 0.6 is 0 Å². The molecule has 9 heteroatoms.